The zero-order chi connectivity index (χ0) is 12.7. The van der Waals surface area contributed by atoms with Gasteiger partial charge in [-0.05, 0) is 24.6 Å². The maximum atomic E-state index is 5.96. The van der Waals surface area contributed by atoms with Crippen molar-refractivity contribution >= 4 is 27.3 Å². The second-order valence-corrected chi connectivity index (χ2v) is 5.01. The molecule has 96 valence electrons. The molecule has 0 heterocycles. The van der Waals surface area contributed by atoms with Crippen LogP contribution in [0.5, 0.6) is 0 Å². The van der Waals surface area contributed by atoms with Crippen molar-refractivity contribution in [2.75, 3.05) is 37.4 Å². The maximum absolute atomic E-state index is 5.96. The molecule has 4 heteroatoms. The molecule has 0 spiro atoms. The summed E-state index contributed by atoms with van der Waals surface area (Å²) >= 11 is 3.40. The molecule has 0 amide bonds. The van der Waals surface area contributed by atoms with E-state index in [0.717, 1.165) is 42.0 Å². The molecule has 17 heavy (non-hydrogen) atoms. The lowest BCUT2D eigenvalue weighted by atomic mass is 10.2. The number of hydrogen-bond donors (Lipinski definition) is 1. The van der Waals surface area contributed by atoms with Crippen molar-refractivity contribution in [3.05, 3.63) is 22.7 Å². The highest BCUT2D eigenvalue weighted by Crippen LogP contribution is 2.25. The molecule has 0 fully saturated rings. The van der Waals surface area contributed by atoms with Gasteiger partial charge in [0.15, 0.2) is 0 Å². The quantitative estimate of drug-likeness (QED) is 0.620. The zero-order valence-electron chi connectivity index (χ0n) is 10.6. The van der Waals surface area contributed by atoms with Crippen LogP contribution >= 0.6 is 15.9 Å². The largest absolute Gasteiger partial charge is 0.397 e. The molecule has 0 aliphatic rings. The van der Waals surface area contributed by atoms with Gasteiger partial charge in [0.1, 0.15) is 0 Å². The number of nitrogens with two attached hydrogens (primary N) is 1. The SMILES string of the molecule is CCCCOCCN(C)c1ccc(Br)cc1N. The number of hydrogen-bond acceptors (Lipinski definition) is 3. The topological polar surface area (TPSA) is 38.5 Å². The fourth-order valence-corrected chi connectivity index (χ4v) is 1.92. The first-order valence-corrected chi connectivity index (χ1v) is 6.78. The Morgan fingerprint density at radius 1 is 1.35 bits per heavy atom. The Labute approximate surface area is 112 Å². The predicted octanol–water partition coefficient (Wildman–Crippen LogP) is 3.28. The van der Waals surface area contributed by atoms with E-state index < -0.39 is 0 Å². The summed E-state index contributed by atoms with van der Waals surface area (Å²) in [4.78, 5) is 2.12. The van der Waals surface area contributed by atoms with Crippen molar-refractivity contribution in [1.29, 1.82) is 0 Å². The zero-order valence-corrected chi connectivity index (χ0v) is 12.2. The Balaban J connectivity index is 2.38. The first-order chi connectivity index (χ1) is 8.15. The summed E-state index contributed by atoms with van der Waals surface area (Å²) in [5.74, 6) is 0. The number of benzene rings is 1. The van der Waals surface area contributed by atoms with Crippen molar-refractivity contribution in [2.45, 2.75) is 19.8 Å². The molecule has 0 bridgehead atoms. The lowest BCUT2D eigenvalue weighted by Crippen LogP contribution is -2.23. The minimum absolute atomic E-state index is 0.742. The molecular formula is C13H21BrN2O. The van der Waals surface area contributed by atoms with E-state index in [1.807, 2.05) is 25.2 Å². The highest BCUT2D eigenvalue weighted by molar-refractivity contribution is 9.10. The lowest BCUT2D eigenvalue weighted by molar-refractivity contribution is 0.138. The summed E-state index contributed by atoms with van der Waals surface area (Å²) in [5.41, 5.74) is 7.80. The van der Waals surface area contributed by atoms with E-state index in [-0.39, 0.29) is 0 Å². The number of halogens is 1. The Morgan fingerprint density at radius 2 is 2.12 bits per heavy atom. The van der Waals surface area contributed by atoms with Crippen molar-refractivity contribution < 1.29 is 4.74 Å². The molecular weight excluding hydrogens is 280 g/mol. The van der Waals surface area contributed by atoms with Gasteiger partial charge in [0, 0.05) is 24.7 Å². The number of anilines is 2. The predicted molar refractivity (Wildman–Crippen MR) is 77.6 cm³/mol. The van der Waals surface area contributed by atoms with Gasteiger partial charge in [-0.15, -0.1) is 0 Å². The normalized spacial score (nSPS) is 10.5. The second-order valence-electron chi connectivity index (χ2n) is 4.09. The van der Waals surface area contributed by atoms with Crippen LogP contribution in [0.1, 0.15) is 19.8 Å². The van der Waals surface area contributed by atoms with Crippen LogP contribution in [0.2, 0.25) is 0 Å². The van der Waals surface area contributed by atoms with Crippen molar-refractivity contribution in [2.24, 2.45) is 0 Å². The number of ether oxygens (including phenoxy) is 1. The molecule has 2 N–H and O–H groups in total. The van der Waals surface area contributed by atoms with Crippen LogP contribution < -0.4 is 10.6 Å². The Bertz CT molecular complexity index is 344. The molecule has 1 rings (SSSR count). The molecule has 0 aliphatic heterocycles. The molecule has 0 radical (unpaired) electrons. The van der Waals surface area contributed by atoms with Crippen molar-refractivity contribution in [3.63, 3.8) is 0 Å². The molecule has 0 aromatic heterocycles. The molecule has 0 saturated heterocycles. The van der Waals surface area contributed by atoms with E-state index >= 15 is 0 Å². The smallest absolute Gasteiger partial charge is 0.0641 e. The van der Waals surface area contributed by atoms with E-state index in [2.05, 4.69) is 27.8 Å². The minimum atomic E-state index is 0.742. The van der Waals surface area contributed by atoms with Crippen LogP contribution in [0.4, 0.5) is 11.4 Å². The second kappa shape index (κ2) is 7.56. The summed E-state index contributed by atoms with van der Waals surface area (Å²) in [6.07, 6.45) is 2.31. The summed E-state index contributed by atoms with van der Waals surface area (Å²) in [6, 6.07) is 5.94. The highest BCUT2D eigenvalue weighted by atomic mass is 79.9. The first kappa shape index (κ1) is 14.3. The fourth-order valence-electron chi connectivity index (χ4n) is 1.54. The van der Waals surface area contributed by atoms with Gasteiger partial charge in [-0.1, -0.05) is 29.3 Å². The number of likely N-dealkylation sites (N-methyl/N-ethyl adjacent to an activating group) is 1. The van der Waals surface area contributed by atoms with Gasteiger partial charge in [0.25, 0.3) is 0 Å². The fraction of sp³-hybridized carbons (Fsp3) is 0.538. The molecule has 1 aromatic carbocycles. The summed E-state index contributed by atoms with van der Waals surface area (Å²) in [6.45, 7) is 4.61. The number of rotatable bonds is 7. The van der Waals surface area contributed by atoms with Crippen molar-refractivity contribution in [3.8, 4) is 0 Å². The van der Waals surface area contributed by atoms with Crippen LogP contribution in [-0.4, -0.2) is 26.8 Å². The molecule has 3 nitrogen and oxygen atoms in total. The summed E-state index contributed by atoms with van der Waals surface area (Å²) < 4.78 is 6.54. The third-order valence-electron chi connectivity index (χ3n) is 2.61. The first-order valence-electron chi connectivity index (χ1n) is 5.99. The monoisotopic (exact) mass is 300 g/mol. The average Bonchev–Trinajstić information content (AvgIpc) is 2.28. The number of unbranched alkanes of at least 4 members (excludes halogenated alkanes) is 1. The van der Waals surface area contributed by atoms with E-state index in [1.165, 1.54) is 6.42 Å². The standard InChI is InChI=1S/C13H21BrN2O/c1-3-4-8-17-9-7-16(2)13-6-5-11(14)10-12(13)15/h5-6,10H,3-4,7-9,15H2,1-2H3. The highest BCUT2D eigenvalue weighted by Gasteiger charge is 2.05. The molecule has 0 unspecified atom stereocenters. The summed E-state index contributed by atoms with van der Waals surface area (Å²) in [7, 11) is 2.03. The van der Waals surface area contributed by atoms with E-state index in [0.29, 0.717) is 0 Å². The van der Waals surface area contributed by atoms with E-state index in [9.17, 15) is 0 Å². The molecule has 1 aromatic rings. The van der Waals surface area contributed by atoms with Gasteiger partial charge < -0.3 is 15.4 Å². The third kappa shape index (κ3) is 4.96. The molecule has 0 aliphatic carbocycles. The van der Waals surface area contributed by atoms with Gasteiger partial charge in [-0.25, -0.2) is 0 Å². The van der Waals surface area contributed by atoms with Crippen LogP contribution in [0.3, 0.4) is 0 Å². The van der Waals surface area contributed by atoms with Gasteiger partial charge in [-0.3, -0.25) is 0 Å². The van der Waals surface area contributed by atoms with Crippen LogP contribution in [0.25, 0.3) is 0 Å². The average molecular weight is 301 g/mol. The third-order valence-corrected chi connectivity index (χ3v) is 3.11. The van der Waals surface area contributed by atoms with Crippen LogP contribution in [-0.2, 0) is 4.74 Å². The van der Waals surface area contributed by atoms with E-state index in [1.54, 1.807) is 0 Å². The Morgan fingerprint density at radius 3 is 2.76 bits per heavy atom. The molecule has 0 saturated carbocycles. The van der Waals surface area contributed by atoms with Gasteiger partial charge in [0.05, 0.1) is 18.0 Å². The summed E-state index contributed by atoms with van der Waals surface area (Å²) in [5, 5.41) is 0. The van der Waals surface area contributed by atoms with Crippen LogP contribution in [0, 0.1) is 0 Å². The maximum Gasteiger partial charge on any atom is 0.0641 e. The number of nitrogen functional groups attached to an aromatic ring is 1. The van der Waals surface area contributed by atoms with E-state index in [4.69, 9.17) is 10.5 Å². The Kier molecular flexibility index (Phi) is 6.37. The lowest BCUT2D eigenvalue weighted by Gasteiger charge is -2.21. The number of nitrogens with zero attached hydrogens (tertiary/aromatic N) is 1. The minimum Gasteiger partial charge on any atom is -0.397 e. The Hall–Kier alpha value is -0.740. The van der Waals surface area contributed by atoms with Crippen LogP contribution in [0.15, 0.2) is 22.7 Å². The van der Waals surface area contributed by atoms with Gasteiger partial charge in [0.2, 0.25) is 0 Å². The molecule has 0 atom stereocenters. The van der Waals surface area contributed by atoms with Gasteiger partial charge >= 0.3 is 0 Å². The van der Waals surface area contributed by atoms with Crippen molar-refractivity contribution in [1.82, 2.24) is 0 Å². The van der Waals surface area contributed by atoms with Gasteiger partial charge in [-0.2, -0.15) is 0 Å².